The molecular weight excluding hydrogens is 446 g/mol. The molecule has 2 aromatic rings. The molecule has 33 heavy (non-hydrogen) atoms. The van der Waals surface area contributed by atoms with Crippen LogP contribution in [0.25, 0.3) is 0 Å². The van der Waals surface area contributed by atoms with Gasteiger partial charge >= 0.3 is 0 Å². The van der Waals surface area contributed by atoms with Crippen molar-refractivity contribution in [2.45, 2.75) is 50.5 Å². The second-order valence-corrected chi connectivity index (χ2v) is 10.5. The molecule has 180 valence electrons. The molecule has 1 aromatic carbocycles. The quantitative estimate of drug-likeness (QED) is 0.630. The van der Waals surface area contributed by atoms with E-state index in [1.165, 1.54) is 4.31 Å². The lowest BCUT2D eigenvalue weighted by Crippen LogP contribution is -2.44. The molecule has 3 heterocycles. The molecule has 2 aliphatic rings. The number of carbonyl (C=O) groups excluding carboxylic acids is 1. The fourth-order valence-corrected chi connectivity index (χ4v) is 6.76. The second kappa shape index (κ2) is 9.34. The molecule has 0 aliphatic carbocycles. The molecule has 2 saturated heterocycles. The van der Waals surface area contributed by atoms with Crippen LogP contribution >= 0.6 is 0 Å². The van der Waals surface area contributed by atoms with Crippen molar-refractivity contribution in [2.75, 3.05) is 33.9 Å². The van der Waals surface area contributed by atoms with Crippen molar-refractivity contribution in [1.82, 2.24) is 14.4 Å². The average molecular weight is 478 g/mol. The van der Waals surface area contributed by atoms with Crippen LogP contribution in [0.3, 0.4) is 0 Å². The molecule has 0 N–H and O–H groups in total. The standard InChI is InChI=1S/C23H31N3O6S/c1-15-22(16(2)32-24-15)33(28,29)25-12-9-17(10-13-25)23(27)26-11-5-6-20(26)19-8-7-18(30-3)14-21(19)31-4/h7-8,14,17,20H,5-6,9-13H2,1-4H3. The average Bonchev–Trinajstić information content (AvgIpc) is 3.44. The first-order chi connectivity index (χ1) is 15.8. The number of hydrogen-bond acceptors (Lipinski definition) is 7. The summed E-state index contributed by atoms with van der Waals surface area (Å²) in [5.74, 6) is 1.59. The lowest BCUT2D eigenvalue weighted by molar-refractivity contribution is -0.137. The van der Waals surface area contributed by atoms with Crippen molar-refractivity contribution in [2.24, 2.45) is 5.92 Å². The number of likely N-dealkylation sites (tertiary alicyclic amines) is 1. The number of benzene rings is 1. The Hall–Kier alpha value is -2.59. The summed E-state index contributed by atoms with van der Waals surface area (Å²) in [5, 5.41) is 3.78. The van der Waals surface area contributed by atoms with E-state index in [2.05, 4.69) is 5.16 Å². The molecule has 0 saturated carbocycles. The van der Waals surface area contributed by atoms with Crippen LogP contribution in [0.1, 0.15) is 48.7 Å². The van der Waals surface area contributed by atoms with E-state index in [1.807, 2.05) is 23.1 Å². The van der Waals surface area contributed by atoms with Gasteiger partial charge in [-0.1, -0.05) is 5.16 Å². The number of ether oxygens (including phenoxy) is 2. The third-order valence-corrected chi connectivity index (χ3v) is 8.85. The lowest BCUT2D eigenvalue weighted by Gasteiger charge is -2.34. The van der Waals surface area contributed by atoms with Gasteiger partial charge in [0.05, 0.1) is 20.3 Å². The maximum absolute atomic E-state index is 13.5. The zero-order valence-electron chi connectivity index (χ0n) is 19.5. The maximum atomic E-state index is 13.5. The van der Waals surface area contributed by atoms with Crippen molar-refractivity contribution in [3.05, 3.63) is 35.2 Å². The van der Waals surface area contributed by atoms with Gasteiger partial charge < -0.3 is 18.9 Å². The van der Waals surface area contributed by atoms with Gasteiger partial charge in [-0.15, -0.1) is 0 Å². The Bertz CT molecular complexity index is 1100. The van der Waals surface area contributed by atoms with Crippen molar-refractivity contribution in [3.8, 4) is 11.5 Å². The minimum Gasteiger partial charge on any atom is -0.497 e. The second-order valence-electron chi connectivity index (χ2n) is 8.63. The van der Waals surface area contributed by atoms with E-state index in [0.717, 1.165) is 18.4 Å². The van der Waals surface area contributed by atoms with Crippen LogP contribution in [0.4, 0.5) is 0 Å². The molecular formula is C23H31N3O6S. The van der Waals surface area contributed by atoms with Gasteiger partial charge in [-0.2, -0.15) is 4.31 Å². The van der Waals surface area contributed by atoms with E-state index in [-0.39, 0.29) is 22.8 Å². The Morgan fingerprint density at radius 1 is 1.09 bits per heavy atom. The number of piperidine rings is 1. The Kier molecular flexibility index (Phi) is 6.67. The van der Waals surface area contributed by atoms with Crippen molar-refractivity contribution >= 4 is 15.9 Å². The number of methoxy groups -OCH3 is 2. The van der Waals surface area contributed by atoms with E-state index < -0.39 is 10.0 Å². The van der Waals surface area contributed by atoms with Crippen LogP contribution < -0.4 is 9.47 Å². The predicted molar refractivity (Wildman–Crippen MR) is 121 cm³/mol. The largest absolute Gasteiger partial charge is 0.497 e. The van der Waals surface area contributed by atoms with Crippen LogP contribution in [0, 0.1) is 19.8 Å². The van der Waals surface area contributed by atoms with Crippen LogP contribution in [-0.2, 0) is 14.8 Å². The molecule has 1 amide bonds. The van der Waals surface area contributed by atoms with Crippen molar-refractivity contribution in [3.63, 3.8) is 0 Å². The minimum atomic E-state index is -3.69. The van der Waals surface area contributed by atoms with Crippen LogP contribution in [0.15, 0.2) is 27.6 Å². The summed E-state index contributed by atoms with van der Waals surface area (Å²) in [6.45, 7) is 4.52. The van der Waals surface area contributed by atoms with Gasteiger partial charge in [0.2, 0.25) is 15.9 Å². The molecule has 4 rings (SSSR count). The summed E-state index contributed by atoms with van der Waals surface area (Å²) in [7, 11) is -0.465. The highest BCUT2D eigenvalue weighted by molar-refractivity contribution is 7.89. The van der Waals surface area contributed by atoms with Gasteiger partial charge in [0, 0.05) is 37.2 Å². The van der Waals surface area contributed by atoms with E-state index in [9.17, 15) is 13.2 Å². The summed E-state index contributed by atoms with van der Waals surface area (Å²) in [5.41, 5.74) is 1.33. The van der Waals surface area contributed by atoms with E-state index >= 15 is 0 Å². The third kappa shape index (κ3) is 4.33. The van der Waals surface area contributed by atoms with E-state index in [1.54, 1.807) is 28.1 Å². The zero-order chi connectivity index (χ0) is 23.8. The Balaban J connectivity index is 1.47. The monoisotopic (exact) mass is 477 g/mol. The molecule has 10 heteroatoms. The van der Waals surface area contributed by atoms with Crippen molar-refractivity contribution in [1.29, 1.82) is 0 Å². The smallest absolute Gasteiger partial charge is 0.248 e. The predicted octanol–water partition coefficient (Wildman–Crippen LogP) is 3.07. The number of rotatable bonds is 6. The Morgan fingerprint density at radius 2 is 1.82 bits per heavy atom. The molecule has 1 unspecified atom stereocenters. The SMILES string of the molecule is COc1ccc(C2CCCN2C(=O)C2CCN(S(=O)(=O)c3c(C)noc3C)CC2)c(OC)c1. The van der Waals surface area contributed by atoms with Crippen LogP contribution in [-0.4, -0.2) is 62.5 Å². The summed E-state index contributed by atoms with van der Waals surface area (Å²) >= 11 is 0. The zero-order valence-corrected chi connectivity index (χ0v) is 20.4. The number of aryl methyl sites for hydroxylation is 2. The highest BCUT2D eigenvalue weighted by atomic mass is 32.2. The fourth-order valence-electron chi connectivity index (χ4n) is 5.00. The van der Waals surface area contributed by atoms with Gasteiger partial charge in [-0.3, -0.25) is 4.79 Å². The normalized spacial score (nSPS) is 20.2. The van der Waals surface area contributed by atoms with Gasteiger partial charge in [0.25, 0.3) is 0 Å². The highest BCUT2D eigenvalue weighted by Gasteiger charge is 2.39. The van der Waals surface area contributed by atoms with Gasteiger partial charge in [-0.05, 0) is 51.7 Å². The Morgan fingerprint density at radius 3 is 2.42 bits per heavy atom. The number of hydrogen-bond donors (Lipinski definition) is 0. The lowest BCUT2D eigenvalue weighted by atomic mass is 9.95. The Labute approximate surface area is 194 Å². The molecule has 9 nitrogen and oxygen atoms in total. The number of sulfonamides is 1. The summed E-state index contributed by atoms with van der Waals surface area (Å²) in [6, 6.07) is 5.64. The van der Waals surface area contributed by atoms with Gasteiger partial charge in [0.1, 0.15) is 22.1 Å². The van der Waals surface area contributed by atoms with Crippen molar-refractivity contribution < 1.29 is 27.2 Å². The van der Waals surface area contributed by atoms with Gasteiger partial charge in [0.15, 0.2) is 5.76 Å². The highest BCUT2D eigenvalue weighted by Crippen LogP contribution is 2.40. The molecule has 2 aliphatic heterocycles. The maximum Gasteiger partial charge on any atom is 0.248 e. The van der Waals surface area contributed by atoms with Gasteiger partial charge in [-0.25, -0.2) is 8.42 Å². The first-order valence-corrected chi connectivity index (χ1v) is 12.7. The number of amides is 1. The molecule has 0 radical (unpaired) electrons. The van der Waals surface area contributed by atoms with E-state index in [4.69, 9.17) is 14.0 Å². The summed E-state index contributed by atoms with van der Waals surface area (Å²) < 4.78 is 43.5. The number of nitrogens with zero attached hydrogens (tertiary/aromatic N) is 3. The topological polar surface area (TPSA) is 102 Å². The first-order valence-electron chi connectivity index (χ1n) is 11.2. The molecule has 1 aromatic heterocycles. The van der Waals surface area contributed by atoms with Crippen LogP contribution in [0.5, 0.6) is 11.5 Å². The first kappa shape index (κ1) is 23.6. The summed E-state index contributed by atoms with van der Waals surface area (Å²) in [6.07, 6.45) is 2.77. The summed E-state index contributed by atoms with van der Waals surface area (Å²) in [4.78, 5) is 15.5. The molecule has 0 bridgehead atoms. The number of aromatic nitrogens is 1. The number of carbonyl (C=O) groups is 1. The third-order valence-electron chi connectivity index (χ3n) is 6.70. The minimum absolute atomic E-state index is 0.0533. The molecule has 0 spiro atoms. The van der Waals surface area contributed by atoms with Crippen LogP contribution in [0.2, 0.25) is 0 Å². The molecule has 1 atom stereocenters. The molecule has 2 fully saturated rings. The van der Waals surface area contributed by atoms with E-state index in [0.29, 0.717) is 55.4 Å². The fraction of sp³-hybridized carbons (Fsp3) is 0.565.